The first kappa shape index (κ1) is 45.1. The topological polar surface area (TPSA) is 55.8 Å². The number of carbonyl (C=O) groups is 1. The summed E-state index contributed by atoms with van der Waals surface area (Å²) in [4.78, 5) is 12.2. The van der Waals surface area contributed by atoms with Crippen LogP contribution in [0.4, 0.5) is 0 Å². The van der Waals surface area contributed by atoms with E-state index in [9.17, 15) is 9.90 Å². The van der Waals surface area contributed by atoms with Crippen LogP contribution in [0.25, 0.3) is 0 Å². The fourth-order valence-corrected chi connectivity index (χ4v) is 6.21. The predicted octanol–water partition coefficient (Wildman–Crippen LogP) is 13.4. The van der Waals surface area contributed by atoms with E-state index in [0.717, 1.165) is 19.3 Å². The van der Waals surface area contributed by atoms with Crippen LogP contribution < -0.4 is 0 Å². The Morgan fingerprint density at radius 3 is 1.24 bits per heavy atom. The number of unbranched alkanes of at least 4 members (excludes halogenated alkanes) is 29. The lowest BCUT2D eigenvalue weighted by molar-refractivity contribution is -0.154. The number of esters is 1. The molecule has 0 saturated carbocycles. The lowest BCUT2D eigenvalue weighted by atomic mass is 10.0. The quantitative estimate of drug-likeness (QED) is 0.0408. The molecular formula is C42H82O4. The summed E-state index contributed by atoms with van der Waals surface area (Å²) in [6, 6.07) is 0. The minimum absolute atomic E-state index is 0.168. The van der Waals surface area contributed by atoms with Crippen molar-refractivity contribution in [3.63, 3.8) is 0 Å². The zero-order valence-electron chi connectivity index (χ0n) is 31.4. The van der Waals surface area contributed by atoms with Crippen molar-refractivity contribution in [2.75, 3.05) is 19.8 Å². The molecule has 4 heteroatoms. The molecule has 0 rings (SSSR count). The zero-order valence-corrected chi connectivity index (χ0v) is 31.4. The average molecular weight is 651 g/mol. The summed E-state index contributed by atoms with van der Waals surface area (Å²) in [6.07, 6.45) is 46.9. The highest BCUT2D eigenvalue weighted by Gasteiger charge is 2.13. The lowest BCUT2D eigenvalue weighted by Crippen LogP contribution is -2.27. The second-order valence-corrected chi connectivity index (χ2v) is 14.1. The molecule has 1 unspecified atom stereocenters. The molecule has 0 aliphatic rings. The maximum atomic E-state index is 12.2. The summed E-state index contributed by atoms with van der Waals surface area (Å²) >= 11 is 0. The smallest absolute Gasteiger partial charge is 0.306 e. The van der Waals surface area contributed by atoms with Crippen molar-refractivity contribution in [2.45, 2.75) is 232 Å². The number of hydrogen-bond donors (Lipinski definition) is 1. The molecule has 0 fully saturated rings. The van der Waals surface area contributed by atoms with Crippen molar-refractivity contribution in [1.82, 2.24) is 0 Å². The minimum atomic E-state index is -0.529. The van der Waals surface area contributed by atoms with Crippen molar-refractivity contribution in [3.05, 3.63) is 12.2 Å². The molecule has 0 heterocycles. The van der Waals surface area contributed by atoms with E-state index in [4.69, 9.17) is 9.47 Å². The van der Waals surface area contributed by atoms with Gasteiger partial charge in [-0.2, -0.15) is 0 Å². The molecule has 0 spiro atoms. The van der Waals surface area contributed by atoms with E-state index in [1.54, 1.807) is 0 Å². The number of carbonyl (C=O) groups excluding carboxylic acids is 1. The van der Waals surface area contributed by atoms with Gasteiger partial charge in [-0.15, -0.1) is 0 Å². The average Bonchev–Trinajstić information content (AvgIpc) is 3.06. The van der Waals surface area contributed by atoms with Crippen molar-refractivity contribution in [3.8, 4) is 0 Å². The van der Waals surface area contributed by atoms with Gasteiger partial charge >= 0.3 is 5.97 Å². The van der Waals surface area contributed by atoms with Crippen LogP contribution in [0, 0.1) is 0 Å². The molecule has 0 aromatic carbocycles. The minimum Gasteiger partial charge on any atom is -0.457 e. The maximum absolute atomic E-state index is 12.2. The van der Waals surface area contributed by atoms with E-state index in [1.165, 1.54) is 186 Å². The molecule has 274 valence electrons. The number of aliphatic hydroxyl groups excluding tert-OH is 1. The second-order valence-electron chi connectivity index (χ2n) is 14.1. The van der Waals surface area contributed by atoms with Gasteiger partial charge in [-0.3, -0.25) is 4.79 Å². The molecule has 0 aliphatic heterocycles. The monoisotopic (exact) mass is 651 g/mol. The highest BCUT2D eigenvalue weighted by Crippen LogP contribution is 2.15. The van der Waals surface area contributed by atoms with E-state index >= 15 is 0 Å². The predicted molar refractivity (Wildman–Crippen MR) is 201 cm³/mol. The van der Waals surface area contributed by atoms with Crippen molar-refractivity contribution < 1.29 is 19.4 Å². The number of aliphatic hydroxyl groups is 1. The third kappa shape index (κ3) is 37.6. The van der Waals surface area contributed by atoms with Gasteiger partial charge in [0, 0.05) is 13.0 Å². The maximum Gasteiger partial charge on any atom is 0.306 e. The van der Waals surface area contributed by atoms with Gasteiger partial charge in [-0.25, -0.2) is 0 Å². The van der Waals surface area contributed by atoms with E-state index < -0.39 is 6.10 Å². The molecule has 0 aromatic rings. The Bertz CT molecular complexity index is 604. The molecule has 0 aliphatic carbocycles. The fourth-order valence-electron chi connectivity index (χ4n) is 6.21. The van der Waals surface area contributed by atoms with Gasteiger partial charge < -0.3 is 14.6 Å². The largest absolute Gasteiger partial charge is 0.457 e. The van der Waals surface area contributed by atoms with Crippen LogP contribution in [0.3, 0.4) is 0 Å². The Morgan fingerprint density at radius 1 is 0.500 bits per heavy atom. The van der Waals surface area contributed by atoms with E-state index in [-0.39, 0.29) is 12.6 Å². The molecule has 0 aromatic heterocycles. The van der Waals surface area contributed by atoms with Crippen LogP contribution in [0.5, 0.6) is 0 Å². The Hall–Kier alpha value is -0.870. The summed E-state index contributed by atoms with van der Waals surface area (Å²) in [7, 11) is 0. The summed E-state index contributed by atoms with van der Waals surface area (Å²) < 4.78 is 11.2. The van der Waals surface area contributed by atoms with Gasteiger partial charge in [0.05, 0.1) is 13.2 Å². The molecule has 0 saturated heterocycles. The van der Waals surface area contributed by atoms with Crippen LogP contribution >= 0.6 is 0 Å². The van der Waals surface area contributed by atoms with Crippen molar-refractivity contribution >= 4 is 5.97 Å². The first-order valence-electron chi connectivity index (χ1n) is 20.8. The number of allylic oxidation sites excluding steroid dienone is 2. The van der Waals surface area contributed by atoms with Crippen molar-refractivity contribution in [1.29, 1.82) is 0 Å². The fraction of sp³-hybridized carbons (Fsp3) is 0.929. The van der Waals surface area contributed by atoms with Crippen molar-refractivity contribution in [2.24, 2.45) is 0 Å². The zero-order chi connectivity index (χ0) is 33.4. The molecule has 0 amide bonds. The summed E-state index contributed by atoms with van der Waals surface area (Å²) in [6.45, 7) is 5.38. The Kier molecular flexibility index (Phi) is 39.5. The lowest BCUT2D eigenvalue weighted by Gasteiger charge is -2.16. The van der Waals surface area contributed by atoms with Crippen LogP contribution in [0.1, 0.15) is 226 Å². The molecule has 1 atom stereocenters. The molecule has 46 heavy (non-hydrogen) atoms. The standard InChI is InChI=1S/C42H82O4/c1-3-5-7-9-11-13-15-17-19-21-22-23-25-27-29-31-33-35-37-42(44)46-41(39-43)40-45-38-36-34-32-30-28-26-24-20-18-16-14-12-10-8-6-4-2/h19,21,41,43H,3-18,20,22-40H2,1-2H3/b21-19-. The SMILES string of the molecule is CCCCCCCCC/C=C\CCCCCCCCCC(=O)OC(CO)COCCCCCCCCCCCCCCCCCC. The highest BCUT2D eigenvalue weighted by atomic mass is 16.6. The Labute approximate surface area is 288 Å². The van der Waals surface area contributed by atoms with E-state index in [0.29, 0.717) is 19.6 Å². The van der Waals surface area contributed by atoms with Gasteiger partial charge in [0.2, 0.25) is 0 Å². The summed E-state index contributed by atoms with van der Waals surface area (Å²) in [5.74, 6) is -0.201. The van der Waals surface area contributed by atoms with Crippen LogP contribution in [-0.2, 0) is 14.3 Å². The third-order valence-corrected chi connectivity index (χ3v) is 9.34. The third-order valence-electron chi connectivity index (χ3n) is 9.34. The first-order chi connectivity index (χ1) is 22.7. The van der Waals surface area contributed by atoms with E-state index in [1.807, 2.05) is 0 Å². The van der Waals surface area contributed by atoms with Gasteiger partial charge in [0.1, 0.15) is 6.10 Å². The second kappa shape index (κ2) is 40.3. The highest BCUT2D eigenvalue weighted by molar-refractivity contribution is 5.69. The molecular weight excluding hydrogens is 568 g/mol. The van der Waals surface area contributed by atoms with Crippen LogP contribution in [-0.4, -0.2) is 37.0 Å². The van der Waals surface area contributed by atoms with Crippen LogP contribution in [0.15, 0.2) is 12.2 Å². The Morgan fingerprint density at radius 2 is 0.848 bits per heavy atom. The molecule has 4 nitrogen and oxygen atoms in total. The van der Waals surface area contributed by atoms with Crippen LogP contribution in [0.2, 0.25) is 0 Å². The number of hydrogen-bond acceptors (Lipinski definition) is 4. The van der Waals surface area contributed by atoms with Gasteiger partial charge in [-0.1, -0.05) is 193 Å². The molecule has 1 N–H and O–H groups in total. The number of rotatable bonds is 39. The van der Waals surface area contributed by atoms with Gasteiger partial charge in [-0.05, 0) is 38.5 Å². The first-order valence-corrected chi connectivity index (χ1v) is 20.8. The summed E-state index contributed by atoms with van der Waals surface area (Å²) in [5.41, 5.74) is 0. The summed E-state index contributed by atoms with van der Waals surface area (Å²) in [5, 5.41) is 9.58. The van der Waals surface area contributed by atoms with E-state index in [2.05, 4.69) is 26.0 Å². The Balaban J connectivity index is 3.39. The molecule has 0 bridgehead atoms. The molecule has 0 radical (unpaired) electrons. The van der Waals surface area contributed by atoms with Gasteiger partial charge in [0.25, 0.3) is 0 Å². The van der Waals surface area contributed by atoms with Gasteiger partial charge in [0.15, 0.2) is 0 Å². The normalized spacial score (nSPS) is 12.3. The number of ether oxygens (including phenoxy) is 2.